The molecule has 0 spiro atoms. The summed E-state index contributed by atoms with van der Waals surface area (Å²) in [5.41, 5.74) is 0.809. The SMILES string of the molecule is CCN1CCCC1CN1C(=O)C(=O)c2c(Cl)cc(C(=O)OC)cc21. The quantitative estimate of drug-likeness (QED) is 0.615. The average molecular weight is 351 g/mol. The highest BCUT2D eigenvalue weighted by Crippen LogP contribution is 2.36. The number of fused-ring (bicyclic) bond motifs is 1. The molecule has 3 rings (SSSR count). The number of hydrogen-bond acceptors (Lipinski definition) is 5. The van der Waals surface area contributed by atoms with Gasteiger partial charge in [0.15, 0.2) is 0 Å². The number of halogens is 1. The van der Waals surface area contributed by atoms with Crippen molar-refractivity contribution >= 4 is 34.9 Å². The molecule has 1 aromatic carbocycles. The molecule has 1 saturated heterocycles. The lowest BCUT2D eigenvalue weighted by atomic mass is 10.1. The Labute approximate surface area is 145 Å². The topological polar surface area (TPSA) is 66.9 Å². The van der Waals surface area contributed by atoms with E-state index >= 15 is 0 Å². The van der Waals surface area contributed by atoms with E-state index in [4.69, 9.17) is 16.3 Å². The number of nitrogens with zero attached hydrogens (tertiary/aromatic N) is 2. The van der Waals surface area contributed by atoms with Crippen LogP contribution in [0.3, 0.4) is 0 Å². The molecule has 1 unspecified atom stereocenters. The van der Waals surface area contributed by atoms with E-state index in [1.54, 1.807) is 0 Å². The van der Waals surface area contributed by atoms with Gasteiger partial charge in [0.25, 0.3) is 11.7 Å². The average Bonchev–Trinajstić information content (AvgIpc) is 3.12. The third-order valence-electron chi connectivity index (χ3n) is 4.75. The summed E-state index contributed by atoms with van der Waals surface area (Å²) in [5.74, 6) is -1.76. The molecule has 1 fully saturated rings. The van der Waals surface area contributed by atoms with Crippen LogP contribution in [-0.2, 0) is 9.53 Å². The van der Waals surface area contributed by atoms with Gasteiger partial charge in [-0.25, -0.2) is 4.79 Å². The minimum atomic E-state index is -0.618. The summed E-state index contributed by atoms with van der Waals surface area (Å²) >= 11 is 6.16. The van der Waals surface area contributed by atoms with Crippen molar-refractivity contribution in [3.8, 4) is 0 Å². The zero-order chi connectivity index (χ0) is 17.4. The number of esters is 1. The van der Waals surface area contributed by atoms with Gasteiger partial charge < -0.3 is 9.64 Å². The van der Waals surface area contributed by atoms with E-state index in [0.717, 1.165) is 25.9 Å². The number of benzene rings is 1. The first-order valence-corrected chi connectivity index (χ1v) is 8.37. The third-order valence-corrected chi connectivity index (χ3v) is 5.04. The molecule has 0 aromatic heterocycles. The molecule has 0 N–H and O–H groups in total. The zero-order valence-corrected chi connectivity index (χ0v) is 14.4. The fourth-order valence-corrected chi connectivity index (χ4v) is 3.81. The maximum atomic E-state index is 12.4. The maximum absolute atomic E-state index is 12.4. The fourth-order valence-electron chi connectivity index (χ4n) is 3.51. The Morgan fingerprint density at radius 2 is 2.12 bits per heavy atom. The van der Waals surface area contributed by atoms with E-state index in [1.165, 1.54) is 24.1 Å². The summed E-state index contributed by atoms with van der Waals surface area (Å²) in [5, 5.41) is 0.104. The monoisotopic (exact) mass is 350 g/mol. The fraction of sp³-hybridized carbons (Fsp3) is 0.471. The van der Waals surface area contributed by atoms with Crippen LogP contribution >= 0.6 is 11.6 Å². The van der Waals surface area contributed by atoms with Crippen LogP contribution in [0.1, 0.15) is 40.5 Å². The predicted molar refractivity (Wildman–Crippen MR) is 89.7 cm³/mol. The van der Waals surface area contributed by atoms with Crippen molar-refractivity contribution in [3.05, 3.63) is 28.3 Å². The van der Waals surface area contributed by atoms with Crippen molar-refractivity contribution in [1.82, 2.24) is 4.90 Å². The first-order valence-electron chi connectivity index (χ1n) is 8.00. The lowest BCUT2D eigenvalue weighted by molar-refractivity contribution is -0.114. The zero-order valence-electron chi connectivity index (χ0n) is 13.7. The molecule has 1 atom stereocenters. The summed E-state index contributed by atoms with van der Waals surface area (Å²) in [7, 11) is 1.27. The molecule has 0 radical (unpaired) electrons. The Morgan fingerprint density at radius 3 is 2.79 bits per heavy atom. The number of carbonyl (C=O) groups is 3. The number of ether oxygens (including phenoxy) is 1. The van der Waals surface area contributed by atoms with Gasteiger partial charge in [0, 0.05) is 12.6 Å². The lowest BCUT2D eigenvalue weighted by Gasteiger charge is -2.27. The van der Waals surface area contributed by atoms with Gasteiger partial charge >= 0.3 is 5.97 Å². The molecule has 24 heavy (non-hydrogen) atoms. The summed E-state index contributed by atoms with van der Waals surface area (Å²) in [4.78, 5) is 40.3. The first kappa shape index (κ1) is 16.9. The van der Waals surface area contributed by atoms with Gasteiger partial charge in [0.2, 0.25) is 0 Å². The van der Waals surface area contributed by atoms with Crippen molar-refractivity contribution < 1.29 is 19.1 Å². The summed E-state index contributed by atoms with van der Waals surface area (Å²) < 4.78 is 4.71. The Kier molecular flexibility index (Phi) is 4.60. The van der Waals surface area contributed by atoms with E-state index in [0.29, 0.717) is 12.2 Å². The minimum absolute atomic E-state index is 0.104. The van der Waals surface area contributed by atoms with Crippen LogP contribution in [0.2, 0.25) is 5.02 Å². The number of carbonyl (C=O) groups excluding carboxylic acids is 3. The molecule has 0 bridgehead atoms. The van der Waals surface area contributed by atoms with Crippen LogP contribution in [0, 0.1) is 0 Å². The summed E-state index contributed by atoms with van der Waals surface area (Å²) in [6.07, 6.45) is 2.05. The van der Waals surface area contributed by atoms with Crippen LogP contribution in [0.4, 0.5) is 5.69 Å². The molecule has 2 aliphatic heterocycles. The Balaban J connectivity index is 1.98. The molecule has 128 valence electrons. The predicted octanol–water partition coefficient (Wildman–Crippen LogP) is 2.14. The number of hydrogen-bond donors (Lipinski definition) is 0. The van der Waals surface area contributed by atoms with Crippen molar-refractivity contribution in [2.45, 2.75) is 25.8 Å². The minimum Gasteiger partial charge on any atom is -0.465 e. The number of likely N-dealkylation sites (N-methyl/N-ethyl adjacent to an activating group) is 1. The Bertz CT molecular complexity index is 719. The van der Waals surface area contributed by atoms with E-state index in [2.05, 4.69) is 11.8 Å². The second-order valence-electron chi connectivity index (χ2n) is 6.01. The highest BCUT2D eigenvalue weighted by atomic mass is 35.5. The van der Waals surface area contributed by atoms with Crippen molar-refractivity contribution in [2.24, 2.45) is 0 Å². The highest BCUT2D eigenvalue weighted by Gasteiger charge is 2.40. The van der Waals surface area contributed by atoms with Crippen LogP contribution in [0.25, 0.3) is 0 Å². The Hall–Kier alpha value is -1.92. The highest BCUT2D eigenvalue weighted by molar-refractivity contribution is 6.55. The number of methoxy groups -OCH3 is 1. The smallest absolute Gasteiger partial charge is 0.337 e. The molecule has 1 amide bonds. The van der Waals surface area contributed by atoms with Gasteiger partial charge in [-0.15, -0.1) is 0 Å². The molecular formula is C17H19ClN2O4. The van der Waals surface area contributed by atoms with E-state index in [-0.39, 0.29) is 22.2 Å². The van der Waals surface area contributed by atoms with Gasteiger partial charge in [0.1, 0.15) is 0 Å². The number of likely N-dealkylation sites (tertiary alicyclic amines) is 1. The van der Waals surface area contributed by atoms with E-state index < -0.39 is 17.7 Å². The van der Waals surface area contributed by atoms with Crippen molar-refractivity contribution in [1.29, 1.82) is 0 Å². The van der Waals surface area contributed by atoms with Gasteiger partial charge in [-0.1, -0.05) is 18.5 Å². The van der Waals surface area contributed by atoms with Crippen molar-refractivity contribution in [2.75, 3.05) is 31.6 Å². The van der Waals surface area contributed by atoms with Gasteiger partial charge in [-0.3, -0.25) is 14.5 Å². The number of anilines is 1. The standard InChI is InChI=1S/C17H19ClN2O4/c1-3-19-6-4-5-11(19)9-20-13-8-10(17(23)24-2)7-12(18)14(13)15(21)16(20)22/h7-8,11H,3-6,9H2,1-2H3. The number of ketones is 1. The number of Topliss-reactive ketones (excluding diaryl/α,β-unsaturated/α-hetero) is 1. The molecule has 7 heteroatoms. The summed E-state index contributed by atoms with van der Waals surface area (Å²) in [6, 6.07) is 3.09. The molecule has 2 aliphatic rings. The second-order valence-corrected chi connectivity index (χ2v) is 6.42. The Morgan fingerprint density at radius 1 is 1.38 bits per heavy atom. The van der Waals surface area contributed by atoms with E-state index in [9.17, 15) is 14.4 Å². The van der Waals surface area contributed by atoms with Crippen LogP contribution in [-0.4, -0.2) is 55.3 Å². The normalized spacial score (nSPS) is 20.6. The third kappa shape index (κ3) is 2.70. The van der Waals surface area contributed by atoms with Crippen LogP contribution in [0.15, 0.2) is 12.1 Å². The number of amides is 1. The summed E-state index contributed by atoms with van der Waals surface area (Å²) in [6.45, 7) is 4.39. The van der Waals surface area contributed by atoms with Crippen LogP contribution in [0.5, 0.6) is 0 Å². The van der Waals surface area contributed by atoms with Crippen molar-refractivity contribution in [3.63, 3.8) is 0 Å². The molecular weight excluding hydrogens is 332 g/mol. The van der Waals surface area contributed by atoms with Gasteiger partial charge in [-0.05, 0) is 38.1 Å². The molecule has 1 aromatic rings. The lowest BCUT2D eigenvalue weighted by Crippen LogP contribution is -2.42. The first-order chi connectivity index (χ1) is 11.5. The molecule has 2 heterocycles. The molecule has 6 nitrogen and oxygen atoms in total. The largest absolute Gasteiger partial charge is 0.465 e. The second kappa shape index (κ2) is 6.53. The molecule has 0 saturated carbocycles. The van der Waals surface area contributed by atoms with Gasteiger partial charge in [0.05, 0.1) is 28.9 Å². The van der Waals surface area contributed by atoms with Gasteiger partial charge in [-0.2, -0.15) is 0 Å². The number of rotatable bonds is 4. The maximum Gasteiger partial charge on any atom is 0.337 e. The van der Waals surface area contributed by atoms with E-state index in [1.807, 2.05) is 0 Å². The molecule has 0 aliphatic carbocycles. The van der Waals surface area contributed by atoms with Crippen LogP contribution < -0.4 is 4.90 Å².